The average molecular weight is 232 g/mol. The molecular formula is C15H24N2. The Labute approximate surface area is 105 Å². The van der Waals surface area contributed by atoms with Gasteiger partial charge in [-0.2, -0.15) is 0 Å². The van der Waals surface area contributed by atoms with Gasteiger partial charge in [-0.05, 0) is 23.1 Å². The van der Waals surface area contributed by atoms with Crippen LogP contribution in [0.3, 0.4) is 0 Å². The van der Waals surface area contributed by atoms with Crippen molar-refractivity contribution in [3.05, 3.63) is 23.8 Å². The molecule has 1 unspecified atom stereocenters. The van der Waals surface area contributed by atoms with E-state index < -0.39 is 0 Å². The molecule has 1 heterocycles. The number of hydrogen-bond acceptors (Lipinski definition) is 2. The molecule has 1 aliphatic heterocycles. The van der Waals surface area contributed by atoms with E-state index in [4.69, 9.17) is 0 Å². The molecular weight excluding hydrogens is 208 g/mol. The van der Waals surface area contributed by atoms with Crippen molar-refractivity contribution in [1.82, 2.24) is 0 Å². The van der Waals surface area contributed by atoms with Crippen LogP contribution < -0.4 is 10.6 Å². The highest BCUT2D eigenvalue weighted by molar-refractivity contribution is 5.75. The molecule has 1 aromatic rings. The van der Waals surface area contributed by atoms with E-state index in [0.29, 0.717) is 6.17 Å². The first-order chi connectivity index (χ1) is 7.68. The Kier molecular flexibility index (Phi) is 2.64. The summed E-state index contributed by atoms with van der Waals surface area (Å²) in [5, 5.41) is 7.12. The van der Waals surface area contributed by atoms with Gasteiger partial charge in [-0.15, -0.1) is 0 Å². The number of fused-ring (bicyclic) bond motifs is 1. The first kappa shape index (κ1) is 12.3. The van der Waals surface area contributed by atoms with Gasteiger partial charge in [-0.25, -0.2) is 0 Å². The minimum Gasteiger partial charge on any atom is -0.363 e. The van der Waals surface area contributed by atoms with Crippen molar-refractivity contribution in [2.75, 3.05) is 10.6 Å². The summed E-state index contributed by atoms with van der Waals surface area (Å²) in [6.45, 7) is 13.5. The first-order valence-corrected chi connectivity index (χ1v) is 6.35. The SMILES string of the molecule is CC(C)(C)c1ccc2c(c1)NC(C(C)(C)C)N2. The summed E-state index contributed by atoms with van der Waals surface area (Å²) in [5.74, 6) is 0. The van der Waals surface area contributed by atoms with Crippen LogP contribution in [0.15, 0.2) is 18.2 Å². The van der Waals surface area contributed by atoms with Crippen molar-refractivity contribution in [1.29, 1.82) is 0 Å². The minimum atomic E-state index is 0.205. The van der Waals surface area contributed by atoms with Gasteiger partial charge in [-0.1, -0.05) is 47.6 Å². The molecule has 94 valence electrons. The van der Waals surface area contributed by atoms with Gasteiger partial charge in [0.05, 0.1) is 11.4 Å². The fraction of sp³-hybridized carbons (Fsp3) is 0.600. The van der Waals surface area contributed by atoms with E-state index in [1.165, 1.54) is 16.9 Å². The summed E-state index contributed by atoms with van der Waals surface area (Å²) in [5.41, 5.74) is 4.24. The van der Waals surface area contributed by atoms with Crippen molar-refractivity contribution >= 4 is 11.4 Å². The number of nitrogens with one attached hydrogen (secondary N) is 2. The smallest absolute Gasteiger partial charge is 0.101 e. The second-order valence-electron chi connectivity index (χ2n) is 7.10. The molecule has 2 rings (SSSR count). The lowest BCUT2D eigenvalue weighted by Gasteiger charge is -2.27. The highest BCUT2D eigenvalue weighted by Crippen LogP contribution is 2.37. The first-order valence-electron chi connectivity index (χ1n) is 6.35. The maximum atomic E-state index is 3.58. The van der Waals surface area contributed by atoms with Crippen LogP contribution in [0, 0.1) is 5.41 Å². The summed E-state index contributed by atoms with van der Waals surface area (Å²) < 4.78 is 0. The van der Waals surface area contributed by atoms with Gasteiger partial charge in [0, 0.05) is 5.41 Å². The molecule has 0 amide bonds. The van der Waals surface area contributed by atoms with E-state index in [1.807, 2.05) is 0 Å². The summed E-state index contributed by atoms with van der Waals surface area (Å²) in [6.07, 6.45) is 0.313. The molecule has 2 heteroatoms. The largest absolute Gasteiger partial charge is 0.363 e. The zero-order valence-electron chi connectivity index (χ0n) is 11.8. The van der Waals surface area contributed by atoms with Crippen molar-refractivity contribution in [3.8, 4) is 0 Å². The van der Waals surface area contributed by atoms with Crippen molar-refractivity contribution in [2.45, 2.75) is 53.1 Å². The summed E-state index contributed by atoms with van der Waals surface area (Å²) in [6, 6.07) is 6.68. The Balaban J connectivity index is 2.29. The lowest BCUT2D eigenvalue weighted by Crippen LogP contribution is -2.36. The van der Waals surface area contributed by atoms with E-state index in [-0.39, 0.29) is 10.8 Å². The fourth-order valence-corrected chi connectivity index (χ4v) is 2.04. The number of benzene rings is 1. The van der Waals surface area contributed by atoms with Crippen molar-refractivity contribution in [2.24, 2.45) is 5.41 Å². The van der Waals surface area contributed by atoms with E-state index in [0.717, 1.165) is 0 Å². The van der Waals surface area contributed by atoms with E-state index in [2.05, 4.69) is 70.4 Å². The van der Waals surface area contributed by atoms with E-state index in [1.54, 1.807) is 0 Å². The van der Waals surface area contributed by atoms with Gasteiger partial charge in [0.1, 0.15) is 6.17 Å². The molecule has 0 aliphatic carbocycles. The summed E-state index contributed by atoms with van der Waals surface area (Å²) in [4.78, 5) is 0. The Hall–Kier alpha value is -1.18. The Morgan fingerprint density at radius 3 is 2.00 bits per heavy atom. The third-order valence-electron chi connectivity index (χ3n) is 3.35. The normalized spacial score (nSPS) is 19.5. The van der Waals surface area contributed by atoms with Crippen LogP contribution in [-0.4, -0.2) is 6.17 Å². The summed E-state index contributed by atoms with van der Waals surface area (Å²) in [7, 11) is 0. The zero-order chi connectivity index (χ0) is 12.8. The van der Waals surface area contributed by atoms with Gasteiger partial charge >= 0.3 is 0 Å². The molecule has 0 bridgehead atoms. The molecule has 0 saturated carbocycles. The molecule has 1 aliphatic rings. The van der Waals surface area contributed by atoms with Gasteiger partial charge in [0.15, 0.2) is 0 Å². The van der Waals surface area contributed by atoms with E-state index >= 15 is 0 Å². The molecule has 1 atom stereocenters. The maximum absolute atomic E-state index is 3.58. The monoisotopic (exact) mass is 232 g/mol. The third kappa shape index (κ3) is 2.41. The predicted octanol–water partition coefficient (Wildman–Crippen LogP) is 4.19. The molecule has 1 aromatic carbocycles. The molecule has 2 N–H and O–H groups in total. The van der Waals surface area contributed by atoms with Gasteiger partial charge in [0.25, 0.3) is 0 Å². The molecule has 17 heavy (non-hydrogen) atoms. The van der Waals surface area contributed by atoms with Gasteiger partial charge in [0.2, 0.25) is 0 Å². The quantitative estimate of drug-likeness (QED) is 0.700. The maximum Gasteiger partial charge on any atom is 0.101 e. The lowest BCUT2D eigenvalue weighted by molar-refractivity contribution is 0.372. The molecule has 2 nitrogen and oxygen atoms in total. The molecule has 0 radical (unpaired) electrons. The van der Waals surface area contributed by atoms with Crippen molar-refractivity contribution in [3.63, 3.8) is 0 Å². The molecule has 0 fully saturated rings. The lowest BCUT2D eigenvalue weighted by atomic mass is 9.87. The standard InChI is InChI=1S/C15H24N2/c1-14(2,3)10-7-8-11-12(9-10)17-13(16-11)15(4,5)6/h7-9,13,16-17H,1-6H3. The topological polar surface area (TPSA) is 24.1 Å². The van der Waals surface area contributed by atoms with Crippen LogP contribution in [0.4, 0.5) is 11.4 Å². The Morgan fingerprint density at radius 1 is 0.882 bits per heavy atom. The van der Waals surface area contributed by atoms with Crippen LogP contribution in [0.2, 0.25) is 0 Å². The average Bonchev–Trinajstić information content (AvgIpc) is 2.57. The van der Waals surface area contributed by atoms with Crippen molar-refractivity contribution < 1.29 is 0 Å². The Morgan fingerprint density at radius 2 is 1.47 bits per heavy atom. The number of hydrogen-bond donors (Lipinski definition) is 2. The third-order valence-corrected chi connectivity index (χ3v) is 3.35. The van der Waals surface area contributed by atoms with Gasteiger partial charge < -0.3 is 10.6 Å². The van der Waals surface area contributed by atoms with Crippen LogP contribution in [-0.2, 0) is 5.41 Å². The van der Waals surface area contributed by atoms with Crippen LogP contribution in [0.1, 0.15) is 47.1 Å². The fourth-order valence-electron chi connectivity index (χ4n) is 2.04. The van der Waals surface area contributed by atoms with Gasteiger partial charge in [-0.3, -0.25) is 0 Å². The van der Waals surface area contributed by atoms with Crippen LogP contribution in [0.25, 0.3) is 0 Å². The molecule has 0 saturated heterocycles. The number of rotatable bonds is 0. The van der Waals surface area contributed by atoms with E-state index in [9.17, 15) is 0 Å². The van der Waals surface area contributed by atoms with Crippen LogP contribution in [0.5, 0.6) is 0 Å². The molecule has 0 aromatic heterocycles. The second-order valence-corrected chi connectivity index (χ2v) is 7.10. The predicted molar refractivity (Wildman–Crippen MR) is 75.6 cm³/mol. The second kappa shape index (κ2) is 3.66. The zero-order valence-corrected chi connectivity index (χ0v) is 11.8. The molecule has 0 spiro atoms. The minimum absolute atomic E-state index is 0.205. The van der Waals surface area contributed by atoms with Crippen LogP contribution >= 0.6 is 0 Å². The number of anilines is 2. The highest BCUT2D eigenvalue weighted by Gasteiger charge is 2.30. The Bertz CT molecular complexity index is 422. The summed E-state index contributed by atoms with van der Waals surface area (Å²) >= 11 is 0. The highest BCUT2D eigenvalue weighted by atomic mass is 15.2.